The van der Waals surface area contributed by atoms with Crippen molar-refractivity contribution in [1.29, 1.82) is 0 Å². The molecule has 0 spiro atoms. The Balaban J connectivity index is 1.45. The van der Waals surface area contributed by atoms with Crippen LogP contribution in [-0.2, 0) is 9.53 Å². The van der Waals surface area contributed by atoms with Crippen molar-refractivity contribution in [1.82, 2.24) is 9.88 Å². The number of hydrogen-bond donors (Lipinski definition) is 0. The molecule has 1 aromatic heterocycles. The minimum atomic E-state index is -0.219. The number of methoxy groups -OCH3 is 1. The molecule has 0 aliphatic carbocycles. The van der Waals surface area contributed by atoms with Gasteiger partial charge in [-0.3, -0.25) is 4.79 Å². The van der Waals surface area contributed by atoms with Gasteiger partial charge in [0.05, 0.1) is 11.8 Å². The molecule has 1 atom stereocenters. The van der Waals surface area contributed by atoms with E-state index in [1.54, 1.807) is 18.4 Å². The molecule has 24 heavy (non-hydrogen) atoms. The van der Waals surface area contributed by atoms with Crippen molar-refractivity contribution >= 4 is 32.6 Å². The first-order valence-corrected chi connectivity index (χ1v) is 9.17. The summed E-state index contributed by atoms with van der Waals surface area (Å²) in [5.41, 5.74) is 0.915. The summed E-state index contributed by atoms with van der Waals surface area (Å²) in [6.07, 6.45) is 1.63. The van der Waals surface area contributed by atoms with Crippen LogP contribution in [0.15, 0.2) is 18.2 Å². The molecule has 2 fully saturated rings. The fourth-order valence-electron chi connectivity index (χ4n) is 3.31. The van der Waals surface area contributed by atoms with E-state index in [2.05, 4.69) is 11.0 Å². The van der Waals surface area contributed by atoms with Crippen LogP contribution in [0.3, 0.4) is 0 Å². The second-order valence-electron chi connectivity index (χ2n) is 6.12. The van der Waals surface area contributed by atoms with Crippen LogP contribution in [0.1, 0.15) is 12.8 Å². The number of rotatable bonds is 3. The fourth-order valence-corrected chi connectivity index (χ4v) is 4.34. The topological polar surface area (TPSA) is 54.9 Å². The van der Waals surface area contributed by atoms with Crippen LogP contribution in [-0.4, -0.2) is 61.8 Å². The Hall–Kier alpha value is -1.86. The molecule has 1 aromatic carbocycles. The minimum absolute atomic E-state index is 0.151. The summed E-state index contributed by atoms with van der Waals surface area (Å²) in [4.78, 5) is 21.4. The molecule has 0 bridgehead atoms. The van der Waals surface area contributed by atoms with Crippen molar-refractivity contribution in [2.45, 2.75) is 18.9 Å². The van der Waals surface area contributed by atoms with Gasteiger partial charge in [-0.1, -0.05) is 17.4 Å². The molecule has 2 aliphatic rings. The molecule has 2 aliphatic heterocycles. The van der Waals surface area contributed by atoms with Crippen molar-refractivity contribution < 1.29 is 14.3 Å². The number of para-hydroxylation sites is 1. The molecular weight excluding hydrogens is 326 g/mol. The van der Waals surface area contributed by atoms with E-state index in [0.29, 0.717) is 6.61 Å². The van der Waals surface area contributed by atoms with E-state index in [4.69, 9.17) is 14.5 Å². The first kappa shape index (κ1) is 15.7. The number of amides is 1. The Bertz CT molecular complexity index is 734. The van der Waals surface area contributed by atoms with Crippen molar-refractivity contribution in [3.05, 3.63) is 18.2 Å². The molecule has 2 saturated heterocycles. The predicted octanol–water partition coefficient (Wildman–Crippen LogP) is 2.13. The van der Waals surface area contributed by atoms with Crippen molar-refractivity contribution in [2.75, 3.05) is 44.8 Å². The Morgan fingerprint density at radius 2 is 2.17 bits per heavy atom. The van der Waals surface area contributed by atoms with E-state index in [1.165, 1.54) is 0 Å². The van der Waals surface area contributed by atoms with Gasteiger partial charge in [0.2, 0.25) is 0 Å². The van der Waals surface area contributed by atoms with Crippen molar-refractivity contribution in [3.63, 3.8) is 0 Å². The highest BCUT2D eigenvalue weighted by atomic mass is 32.1. The highest BCUT2D eigenvalue weighted by molar-refractivity contribution is 7.22. The third-order valence-corrected chi connectivity index (χ3v) is 5.74. The quantitative estimate of drug-likeness (QED) is 0.851. The summed E-state index contributed by atoms with van der Waals surface area (Å²) in [7, 11) is 1.67. The van der Waals surface area contributed by atoms with E-state index >= 15 is 0 Å². The largest absolute Gasteiger partial charge is 0.494 e. The second kappa shape index (κ2) is 6.57. The predicted molar refractivity (Wildman–Crippen MR) is 93.9 cm³/mol. The fraction of sp³-hybridized carbons (Fsp3) is 0.529. The molecular formula is C17H21N3O3S. The van der Waals surface area contributed by atoms with Gasteiger partial charge in [0.15, 0.2) is 5.13 Å². The summed E-state index contributed by atoms with van der Waals surface area (Å²) < 4.78 is 12.0. The Morgan fingerprint density at radius 1 is 1.33 bits per heavy atom. The minimum Gasteiger partial charge on any atom is -0.494 e. The molecule has 128 valence electrons. The molecule has 0 radical (unpaired) electrons. The van der Waals surface area contributed by atoms with E-state index in [0.717, 1.165) is 60.1 Å². The molecule has 6 nitrogen and oxygen atoms in total. The lowest BCUT2D eigenvalue weighted by Gasteiger charge is -2.35. The number of aromatic nitrogens is 1. The van der Waals surface area contributed by atoms with Gasteiger partial charge in [0, 0.05) is 32.8 Å². The molecule has 3 heterocycles. The van der Waals surface area contributed by atoms with Gasteiger partial charge in [-0.15, -0.1) is 0 Å². The summed E-state index contributed by atoms with van der Waals surface area (Å²) in [5, 5.41) is 0.999. The second-order valence-corrected chi connectivity index (χ2v) is 7.13. The molecule has 7 heteroatoms. The Kier molecular flexibility index (Phi) is 4.28. The number of anilines is 1. The lowest BCUT2D eigenvalue weighted by molar-refractivity contribution is -0.141. The monoisotopic (exact) mass is 347 g/mol. The highest BCUT2D eigenvalue weighted by Gasteiger charge is 2.30. The zero-order valence-electron chi connectivity index (χ0n) is 13.7. The number of carbonyl (C=O) groups is 1. The van der Waals surface area contributed by atoms with Crippen LogP contribution < -0.4 is 9.64 Å². The number of carbonyl (C=O) groups excluding carboxylic acids is 1. The Morgan fingerprint density at radius 3 is 2.88 bits per heavy atom. The number of nitrogens with zero attached hydrogens (tertiary/aromatic N) is 3. The number of hydrogen-bond acceptors (Lipinski definition) is 6. The maximum atomic E-state index is 12.4. The van der Waals surface area contributed by atoms with E-state index in [9.17, 15) is 4.79 Å². The highest BCUT2D eigenvalue weighted by Crippen LogP contribution is 2.34. The summed E-state index contributed by atoms with van der Waals surface area (Å²) in [5.74, 6) is 0.959. The van der Waals surface area contributed by atoms with Crippen molar-refractivity contribution in [2.24, 2.45) is 0 Å². The molecule has 4 rings (SSSR count). The van der Waals surface area contributed by atoms with E-state index < -0.39 is 0 Å². The van der Waals surface area contributed by atoms with Gasteiger partial charge in [-0.05, 0) is 25.0 Å². The number of fused-ring (bicyclic) bond motifs is 1. The molecule has 1 amide bonds. The summed E-state index contributed by atoms with van der Waals surface area (Å²) in [6, 6.07) is 5.99. The van der Waals surface area contributed by atoms with Crippen LogP contribution in [0.2, 0.25) is 0 Å². The van der Waals surface area contributed by atoms with Gasteiger partial charge in [0.25, 0.3) is 5.91 Å². The molecule has 1 unspecified atom stereocenters. The van der Waals surface area contributed by atoms with Gasteiger partial charge < -0.3 is 19.3 Å². The number of piperazine rings is 1. The van der Waals surface area contributed by atoms with E-state index in [1.807, 2.05) is 17.0 Å². The zero-order valence-corrected chi connectivity index (χ0v) is 14.6. The molecule has 0 saturated carbocycles. The average Bonchev–Trinajstić information content (AvgIpc) is 3.30. The average molecular weight is 347 g/mol. The van der Waals surface area contributed by atoms with Crippen LogP contribution >= 0.6 is 11.3 Å². The van der Waals surface area contributed by atoms with Crippen LogP contribution in [0.25, 0.3) is 10.2 Å². The van der Waals surface area contributed by atoms with Crippen LogP contribution in [0.4, 0.5) is 5.13 Å². The summed E-state index contributed by atoms with van der Waals surface area (Å²) >= 11 is 1.67. The lowest BCUT2D eigenvalue weighted by Crippen LogP contribution is -2.51. The SMILES string of the molecule is COc1cccc2sc(N3CCN(C(=O)C4CCCO4)CC3)nc12. The zero-order chi connectivity index (χ0) is 16.5. The number of benzene rings is 1. The molecule has 0 N–H and O–H groups in total. The van der Waals surface area contributed by atoms with Gasteiger partial charge in [0.1, 0.15) is 17.4 Å². The number of ether oxygens (including phenoxy) is 2. The van der Waals surface area contributed by atoms with E-state index in [-0.39, 0.29) is 12.0 Å². The Labute approximate surface area is 145 Å². The first-order chi connectivity index (χ1) is 11.8. The number of thiazole rings is 1. The smallest absolute Gasteiger partial charge is 0.251 e. The maximum absolute atomic E-state index is 12.4. The summed E-state index contributed by atoms with van der Waals surface area (Å²) in [6.45, 7) is 3.78. The maximum Gasteiger partial charge on any atom is 0.251 e. The van der Waals surface area contributed by atoms with Gasteiger partial charge >= 0.3 is 0 Å². The van der Waals surface area contributed by atoms with Crippen molar-refractivity contribution in [3.8, 4) is 5.75 Å². The third-order valence-electron chi connectivity index (χ3n) is 4.66. The van der Waals surface area contributed by atoms with Crippen LogP contribution in [0, 0.1) is 0 Å². The molecule has 2 aromatic rings. The lowest BCUT2D eigenvalue weighted by atomic mass is 10.2. The standard InChI is InChI=1S/C17H21N3O3S/c1-22-12-4-2-6-14-15(12)18-17(24-14)20-9-7-19(8-10-20)16(21)13-5-3-11-23-13/h2,4,6,13H,3,5,7-11H2,1H3. The first-order valence-electron chi connectivity index (χ1n) is 8.35. The van der Waals surface area contributed by atoms with Gasteiger partial charge in [-0.25, -0.2) is 4.98 Å². The van der Waals surface area contributed by atoms with Gasteiger partial charge in [-0.2, -0.15) is 0 Å². The normalized spacial score (nSPS) is 21.5. The third kappa shape index (κ3) is 2.82. The van der Waals surface area contributed by atoms with Crippen LogP contribution in [0.5, 0.6) is 5.75 Å².